The number of anilines is 1. The van der Waals surface area contributed by atoms with Gasteiger partial charge in [0, 0.05) is 12.3 Å². The Labute approximate surface area is 106 Å². The Balaban J connectivity index is 2.70. The van der Waals surface area contributed by atoms with Gasteiger partial charge in [-0.15, -0.1) is 6.58 Å². The zero-order valence-electron chi connectivity index (χ0n) is 10.3. The smallest absolute Gasteiger partial charge is 0.326 e. The average Bonchev–Trinajstić information content (AvgIpc) is 2.36. The molecule has 0 spiro atoms. The molecule has 1 heterocycles. The number of carboxylic acid groups (broad SMARTS) is 1. The highest BCUT2D eigenvalue weighted by Gasteiger charge is 2.16. The number of nitrogens with zero attached hydrogens (tertiary/aromatic N) is 2. The fraction of sp³-hybridized carbons (Fsp3) is 0.417. The van der Waals surface area contributed by atoms with Gasteiger partial charge in [-0.2, -0.15) is 4.98 Å². The van der Waals surface area contributed by atoms with Crippen molar-refractivity contribution in [3.63, 3.8) is 0 Å². The number of hydrogen-bond donors (Lipinski definition) is 2. The van der Waals surface area contributed by atoms with Crippen LogP contribution in [0.4, 0.5) is 5.95 Å². The molecular formula is C12H17N3O3. The molecule has 1 atom stereocenters. The summed E-state index contributed by atoms with van der Waals surface area (Å²) in [4.78, 5) is 19.0. The van der Waals surface area contributed by atoms with Crippen molar-refractivity contribution in [3.05, 3.63) is 24.9 Å². The summed E-state index contributed by atoms with van der Waals surface area (Å²) in [5, 5.41) is 11.7. The van der Waals surface area contributed by atoms with Gasteiger partial charge in [-0.3, -0.25) is 0 Å². The van der Waals surface area contributed by atoms with Crippen molar-refractivity contribution in [1.29, 1.82) is 0 Å². The molecule has 0 bridgehead atoms. The molecule has 0 saturated heterocycles. The first-order chi connectivity index (χ1) is 8.67. The lowest BCUT2D eigenvalue weighted by Crippen LogP contribution is -2.29. The van der Waals surface area contributed by atoms with Crippen LogP contribution in [-0.2, 0) is 4.79 Å². The third-order valence-electron chi connectivity index (χ3n) is 2.09. The molecule has 1 rings (SSSR count). The van der Waals surface area contributed by atoms with Gasteiger partial charge in [-0.1, -0.05) is 13.0 Å². The fourth-order valence-electron chi connectivity index (χ4n) is 1.24. The lowest BCUT2D eigenvalue weighted by atomic mass is 10.2. The lowest BCUT2D eigenvalue weighted by Gasteiger charge is -2.12. The highest BCUT2D eigenvalue weighted by Crippen LogP contribution is 2.10. The van der Waals surface area contributed by atoms with Crippen molar-refractivity contribution in [2.45, 2.75) is 25.8 Å². The third-order valence-corrected chi connectivity index (χ3v) is 2.09. The Morgan fingerprint density at radius 2 is 2.50 bits per heavy atom. The summed E-state index contributed by atoms with van der Waals surface area (Å²) in [5.74, 6) is -0.312. The van der Waals surface area contributed by atoms with Gasteiger partial charge < -0.3 is 15.2 Å². The number of aliphatic carboxylic acids is 1. The van der Waals surface area contributed by atoms with Crippen LogP contribution in [0.2, 0.25) is 0 Å². The fourth-order valence-corrected chi connectivity index (χ4v) is 1.24. The second kappa shape index (κ2) is 7.26. The maximum Gasteiger partial charge on any atom is 0.326 e. The van der Waals surface area contributed by atoms with Crippen molar-refractivity contribution < 1.29 is 14.6 Å². The molecule has 18 heavy (non-hydrogen) atoms. The Morgan fingerprint density at radius 1 is 1.72 bits per heavy atom. The minimum Gasteiger partial charge on any atom is -0.480 e. The van der Waals surface area contributed by atoms with Gasteiger partial charge in [0.25, 0.3) is 0 Å². The van der Waals surface area contributed by atoms with Crippen LogP contribution in [0.5, 0.6) is 5.88 Å². The summed E-state index contributed by atoms with van der Waals surface area (Å²) in [5.41, 5.74) is 0. The van der Waals surface area contributed by atoms with E-state index in [4.69, 9.17) is 9.84 Å². The monoisotopic (exact) mass is 251 g/mol. The van der Waals surface area contributed by atoms with Crippen molar-refractivity contribution in [3.8, 4) is 5.88 Å². The van der Waals surface area contributed by atoms with E-state index in [1.54, 1.807) is 6.07 Å². The summed E-state index contributed by atoms with van der Waals surface area (Å²) < 4.78 is 5.34. The van der Waals surface area contributed by atoms with Crippen molar-refractivity contribution in [2.24, 2.45) is 0 Å². The van der Waals surface area contributed by atoms with Gasteiger partial charge >= 0.3 is 5.97 Å². The quantitative estimate of drug-likeness (QED) is 0.684. The summed E-state index contributed by atoms with van der Waals surface area (Å²) in [6.45, 7) is 6.07. The number of rotatable bonds is 8. The van der Waals surface area contributed by atoms with E-state index in [1.165, 1.54) is 12.3 Å². The van der Waals surface area contributed by atoms with E-state index in [0.717, 1.165) is 6.42 Å². The van der Waals surface area contributed by atoms with Gasteiger partial charge in [0.15, 0.2) is 0 Å². The Morgan fingerprint density at radius 3 is 3.11 bits per heavy atom. The van der Waals surface area contributed by atoms with E-state index in [-0.39, 0.29) is 5.95 Å². The van der Waals surface area contributed by atoms with Gasteiger partial charge in [-0.05, 0) is 12.8 Å². The molecule has 0 radical (unpaired) electrons. The van der Waals surface area contributed by atoms with E-state index in [0.29, 0.717) is 18.9 Å². The molecule has 6 heteroatoms. The standard InChI is InChI=1S/C12H17N3O3/c1-3-5-9(11(16)17)14-12-13-7-6-10(15-12)18-8-4-2/h3,6-7,9H,1,4-5,8H2,2H3,(H,16,17)(H,13,14,15). The molecule has 1 unspecified atom stereocenters. The maximum atomic E-state index is 11.0. The first-order valence-electron chi connectivity index (χ1n) is 5.73. The average molecular weight is 251 g/mol. The molecule has 0 fully saturated rings. The molecule has 6 nitrogen and oxygen atoms in total. The number of nitrogens with one attached hydrogen (secondary N) is 1. The maximum absolute atomic E-state index is 11.0. The van der Waals surface area contributed by atoms with Crippen LogP contribution in [0.15, 0.2) is 24.9 Å². The normalized spacial score (nSPS) is 11.6. The molecule has 1 aromatic rings. The first kappa shape index (κ1) is 14.0. The van der Waals surface area contributed by atoms with Crippen molar-refractivity contribution >= 4 is 11.9 Å². The number of hydrogen-bond acceptors (Lipinski definition) is 5. The number of ether oxygens (including phenoxy) is 1. The SMILES string of the molecule is C=CCC(Nc1nccc(OCCC)n1)C(=O)O. The molecule has 2 N–H and O–H groups in total. The number of aromatic nitrogens is 2. The molecule has 0 aliphatic heterocycles. The Hall–Kier alpha value is -2.11. The van der Waals surface area contributed by atoms with Crippen LogP contribution < -0.4 is 10.1 Å². The summed E-state index contributed by atoms with van der Waals surface area (Å²) in [7, 11) is 0. The van der Waals surface area contributed by atoms with E-state index in [2.05, 4.69) is 21.9 Å². The predicted molar refractivity (Wildman–Crippen MR) is 67.7 cm³/mol. The van der Waals surface area contributed by atoms with Gasteiger partial charge in [0.1, 0.15) is 6.04 Å². The largest absolute Gasteiger partial charge is 0.480 e. The molecule has 0 aliphatic rings. The molecule has 0 amide bonds. The second-order valence-electron chi connectivity index (χ2n) is 3.63. The van der Waals surface area contributed by atoms with Crippen LogP contribution in [0.1, 0.15) is 19.8 Å². The topological polar surface area (TPSA) is 84.3 Å². The number of carbonyl (C=O) groups is 1. The Bertz CT molecular complexity index is 409. The minimum absolute atomic E-state index is 0.234. The summed E-state index contributed by atoms with van der Waals surface area (Å²) in [6.07, 6.45) is 4.22. The third kappa shape index (κ3) is 4.40. The zero-order chi connectivity index (χ0) is 13.4. The summed E-state index contributed by atoms with van der Waals surface area (Å²) >= 11 is 0. The van der Waals surface area contributed by atoms with E-state index < -0.39 is 12.0 Å². The van der Waals surface area contributed by atoms with E-state index in [1.807, 2.05) is 6.92 Å². The van der Waals surface area contributed by atoms with Crippen LogP contribution >= 0.6 is 0 Å². The lowest BCUT2D eigenvalue weighted by molar-refractivity contribution is -0.137. The van der Waals surface area contributed by atoms with Gasteiger partial charge in [0.05, 0.1) is 6.61 Å². The van der Waals surface area contributed by atoms with Gasteiger partial charge in [-0.25, -0.2) is 9.78 Å². The van der Waals surface area contributed by atoms with Crippen molar-refractivity contribution in [1.82, 2.24) is 9.97 Å². The highest BCUT2D eigenvalue weighted by molar-refractivity contribution is 5.76. The Kier molecular flexibility index (Phi) is 5.63. The summed E-state index contributed by atoms with van der Waals surface area (Å²) in [6, 6.07) is 0.841. The first-order valence-corrected chi connectivity index (χ1v) is 5.73. The van der Waals surface area contributed by atoms with Crippen LogP contribution in [-0.4, -0.2) is 33.7 Å². The molecular weight excluding hydrogens is 234 g/mol. The second-order valence-corrected chi connectivity index (χ2v) is 3.63. The molecule has 0 aliphatic carbocycles. The van der Waals surface area contributed by atoms with Crippen LogP contribution in [0.3, 0.4) is 0 Å². The number of carboxylic acids is 1. The van der Waals surface area contributed by atoms with E-state index in [9.17, 15) is 4.79 Å². The zero-order valence-corrected chi connectivity index (χ0v) is 10.3. The molecule has 0 aromatic carbocycles. The minimum atomic E-state index is -0.974. The predicted octanol–water partition coefficient (Wildman–Crippen LogP) is 1.71. The van der Waals surface area contributed by atoms with Crippen LogP contribution in [0, 0.1) is 0 Å². The molecule has 98 valence electrons. The van der Waals surface area contributed by atoms with Crippen molar-refractivity contribution in [2.75, 3.05) is 11.9 Å². The molecule has 0 saturated carbocycles. The highest BCUT2D eigenvalue weighted by atomic mass is 16.5. The van der Waals surface area contributed by atoms with Gasteiger partial charge in [0.2, 0.25) is 11.8 Å². The molecule has 1 aromatic heterocycles. The van der Waals surface area contributed by atoms with E-state index >= 15 is 0 Å². The van der Waals surface area contributed by atoms with Crippen LogP contribution in [0.25, 0.3) is 0 Å².